The fraction of sp³-hybridized carbons (Fsp3) is 0.462. The highest BCUT2D eigenvalue weighted by Gasteiger charge is 2.31. The standard InChI is InChI=1S/C13H15N3O3/c1-9-4-5-15(13(9)8-17)11-2-3-12(16(18)19)10(6-11)7-14/h2-3,6,9,13,17H,4-5,8H2,1H3. The van der Waals surface area contributed by atoms with Crippen LogP contribution in [0, 0.1) is 27.4 Å². The lowest BCUT2D eigenvalue weighted by Gasteiger charge is -2.27. The third kappa shape index (κ3) is 2.37. The molecule has 6 nitrogen and oxygen atoms in total. The lowest BCUT2D eigenvalue weighted by atomic mass is 10.0. The molecule has 0 bridgehead atoms. The largest absolute Gasteiger partial charge is 0.394 e. The molecule has 0 spiro atoms. The molecule has 1 heterocycles. The zero-order valence-electron chi connectivity index (χ0n) is 10.6. The number of nitro benzene ring substituents is 1. The number of anilines is 1. The Balaban J connectivity index is 2.37. The first-order chi connectivity index (χ1) is 9.08. The minimum atomic E-state index is -0.557. The summed E-state index contributed by atoms with van der Waals surface area (Å²) in [4.78, 5) is 12.2. The highest BCUT2D eigenvalue weighted by Crippen LogP contribution is 2.32. The van der Waals surface area contributed by atoms with E-state index in [1.165, 1.54) is 12.1 Å². The van der Waals surface area contributed by atoms with Crippen molar-refractivity contribution in [1.82, 2.24) is 0 Å². The molecule has 0 aromatic heterocycles. The van der Waals surface area contributed by atoms with Crippen LogP contribution in [-0.4, -0.2) is 29.2 Å². The van der Waals surface area contributed by atoms with Crippen LogP contribution < -0.4 is 4.90 Å². The third-order valence-corrected chi connectivity index (χ3v) is 3.70. The highest BCUT2D eigenvalue weighted by atomic mass is 16.6. The molecular weight excluding hydrogens is 246 g/mol. The lowest BCUT2D eigenvalue weighted by molar-refractivity contribution is -0.385. The molecule has 1 aliphatic rings. The smallest absolute Gasteiger partial charge is 0.287 e. The van der Waals surface area contributed by atoms with Crippen LogP contribution >= 0.6 is 0 Å². The van der Waals surface area contributed by atoms with Crippen molar-refractivity contribution in [3.63, 3.8) is 0 Å². The van der Waals surface area contributed by atoms with Crippen molar-refractivity contribution < 1.29 is 10.0 Å². The van der Waals surface area contributed by atoms with E-state index in [9.17, 15) is 15.2 Å². The van der Waals surface area contributed by atoms with Crippen LogP contribution in [0.2, 0.25) is 0 Å². The highest BCUT2D eigenvalue weighted by molar-refractivity contribution is 5.60. The summed E-state index contributed by atoms with van der Waals surface area (Å²) in [5, 5.41) is 29.2. The third-order valence-electron chi connectivity index (χ3n) is 3.70. The van der Waals surface area contributed by atoms with Gasteiger partial charge in [0, 0.05) is 18.3 Å². The quantitative estimate of drug-likeness (QED) is 0.660. The van der Waals surface area contributed by atoms with Gasteiger partial charge in [0.2, 0.25) is 0 Å². The number of hydrogen-bond donors (Lipinski definition) is 1. The summed E-state index contributed by atoms with van der Waals surface area (Å²) in [6, 6.07) is 6.38. The van der Waals surface area contributed by atoms with Crippen molar-refractivity contribution in [3.05, 3.63) is 33.9 Å². The second kappa shape index (κ2) is 5.24. The first-order valence-corrected chi connectivity index (χ1v) is 6.14. The second-order valence-electron chi connectivity index (χ2n) is 4.78. The van der Waals surface area contributed by atoms with Gasteiger partial charge in [-0.1, -0.05) is 6.92 Å². The van der Waals surface area contributed by atoms with Crippen LogP contribution in [0.5, 0.6) is 0 Å². The van der Waals surface area contributed by atoms with Crippen LogP contribution in [0.25, 0.3) is 0 Å². The molecule has 2 atom stereocenters. The molecule has 1 aliphatic heterocycles. The van der Waals surface area contributed by atoms with Crippen LogP contribution in [0.4, 0.5) is 11.4 Å². The molecule has 0 saturated carbocycles. The lowest BCUT2D eigenvalue weighted by Crippen LogP contribution is -2.35. The van der Waals surface area contributed by atoms with Crippen molar-refractivity contribution in [3.8, 4) is 6.07 Å². The number of rotatable bonds is 3. The van der Waals surface area contributed by atoms with Gasteiger partial charge in [-0.3, -0.25) is 10.1 Å². The summed E-state index contributed by atoms with van der Waals surface area (Å²) in [5.74, 6) is 0.366. The van der Waals surface area contributed by atoms with Gasteiger partial charge in [-0.05, 0) is 24.5 Å². The molecule has 1 aromatic rings. The Labute approximate surface area is 111 Å². The van der Waals surface area contributed by atoms with Crippen molar-refractivity contribution in [2.75, 3.05) is 18.1 Å². The number of aliphatic hydroxyl groups is 1. The molecule has 0 aliphatic carbocycles. The van der Waals surface area contributed by atoms with Crippen LogP contribution in [0.3, 0.4) is 0 Å². The maximum atomic E-state index is 10.8. The van der Waals surface area contributed by atoms with Gasteiger partial charge in [0.1, 0.15) is 11.6 Å². The molecule has 1 N–H and O–H groups in total. The summed E-state index contributed by atoms with van der Waals surface area (Å²) in [7, 11) is 0. The predicted octanol–water partition coefficient (Wildman–Crippen LogP) is 1.67. The fourth-order valence-electron chi connectivity index (χ4n) is 2.56. The van der Waals surface area contributed by atoms with Crippen LogP contribution in [0.1, 0.15) is 18.9 Å². The average molecular weight is 261 g/mol. The molecule has 0 radical (unpaired) electrons. The molecule has 2 rings (SSSR count). The van der Waals surface area contributed by atoms with E-state index in [0.29, 0.717) is 5.92 Å². The van der Waals surface area contributed by atoms with E-state index >= 15 is 0 Å². The normalized spacial score (nSPS) is 22.3. The Kier molecular flexibility index (Phi) is 3.67. The van der Waals surface area contributed by atoms with Crippen LogP contribution in [0.15, 0.2) is 18.2 Å². The van der Waals surface area contributed by atoms with Gasteiger partial charge in [-0.25, -0.2) is 0 Å². The van der Waals surface area contributed by atoms with E-state index in [0.717, 1.165) is 18.7 Å². The van der Waals surface area contributed by atoms with E-state index in [4.69, 9.17) is 5.26 Å². The van der Waals surface area contributed by atoms with Gasteiger partial charge in [0.25, 0.3) is 5.69 Å². The Morgan fingerprint density at radius 3 is 2.95 bits per heavy atom. The summed E-state index contributed by atoms with van der Waals surface area (Å²) in [6.07, 6.45) is 0.962. The maximum absolute atomic E-state index is 10.8. The zero-order valence-corrected chi connectivity index (χ0v) is 10.6. The maximum Gasteiger partial charge on any atom is 0.287 e. The molecule has 6 heteroatoms. The number of nitrogens with zero attached hydrogens (tertiary/aromatic N) is 3. The van der Waals surface area contributed by atoms with Crippen molar-refractivity contribution in [2.24, 2.45) is 5.92 Å². The van der Waals surface area contributed by atoms with Gasteiger partial charge < -0.3 is 10.0 Å². The van der Waals surface area contributed by atoms with Gasteiger partial charge >= 0.3 is 0 Å². The molecule has 0 amide bonds. The molecule has 1 aromatic carbocycles. The number of aliphatic hydroxyl groups excluding tert-OH is 1. The van der Waals surface area contributed by atoms with E-state index in [2.05, 4.69) is 6.92 Å². The Hall–Kier alpha value is -2.13. The topological polar surface area (TPSA) is 90.4 Å². The van der Waals surface area contributed by atoms with Crippen molar-refractivity contribution in [1.29, 1.82) is 5.26 Å². The van der Waals surface area contributed by atoms with E-state index in [1.54, 1.807) is 6.07 Å². The Morgan fingerprint density at radius 2 is 2.37 bits per heavy atom. The van der Waals surface area contributed by atoms with Gasteiger partial charge in [-0.15, -0.1) is 0 Å². The molecule has 100 valence electrons. The summed E-state index contributed by atoms with van der Waals surface area (Å²) in [5.41, 5.74) is 0.628. The number of nitro groups is 1. The minimum Gasteiger partial charge on any atom is -0.394 e. The SMILES string of the molecule is CC1CCN(c2ccc([N+](=O)[O-])c(C#N)c2)C1CO. The van der Waals surface area contributed by atoms with Gasteiger partial charge in [-0.2, -0.15) is 5.26 Å². The van der Waals surface area contributed by atoms with E-state index in [-0.39, 0.29) is 23.9 Å². The molecular formula is C13H15N3O3. The molecule has 1 fully saturated rings. The number of nitriles is 1. The number of benzene rings is 1. The van der Waals surface area contributed by atoms with Crippen LogP contribution in [-0.2, 0) is 0 Å². The monoisotopic (exact) mass is 261 g/mol. The first-order valence-electron chi connectivity index (χ1n) is 6.14. The van der Waals surface area contributed by atoms with Crippen molar-refractivity contribution in [2.45, 2.75) is 19.4 Å². The number of hydrogen-bond acceptors (Lipinski definition) is 5. The van der Waals surface area contributed by atoms with E-state index < -0.39 is 4.92 Å². The first kappa shape index (κ1) is 13.3. The van der Waals surface area contributed by atoms with Gasteiger partial charge in [0.15, 0.2) is 0 Å². The van der Waals surface area contributed by atoms with Crippen molar-refractivity contribution >= 4 is 11.4 Å². The fourth-order valence-corrected chi connectivity index (χ4v) is 2.56. The summed E-state index contributed by atoms with van der Waals surface area (Å²) in [6.45, 7) is 2.90. The zero-order chi connectivity index (χ0) is 14.0. The second-order valence-corrected chi connectivity index (χ2v) is 4.78. The average Bonchev–Trinajstić information content (AvgIpc) is 2.78. The van der Waals surface area contributed by atoms with E-state index in [1.807, 2.05) is 11.0 Å². The summed E-state index contributed by atoms with van der Waals surface area (Å²) < 4.78 is 0. The predicted molar refractivity (Wildman–Crippen MR) is 69.8 cm³/mol. The molecule has 19 heavy (non-hydrogen) atoms. The Bertz CT molecular complexity index is 538. The summed E-state index contributed by atoms with van der Waals surface area (Å²) >= 11 is 0. The van der Waals surface area contributed by atoms with Gasteiger partial charge in [0.05, 0.1) is 17.6 Å². The molecule has 1 saturated heterocycles. The molecule has 2 unspecified atom stereocenters. The Morgan fingerprint density at radius 1 is 1.63 bits per heavy atom. The minimum absolute atomic E-state index is 0.00741.